The molecule has 0 aliphatic carbocycles. The van der Waals surface area contributed by atoms with E-state index in [9.17, 15) is 9.65 Å². The van der Waals surface area contributed by atoms with Crippen molar-refractivity contribution < 1.29 is 9.13 Å². The van der Waals surface area contributed by atoms with Crippen LogP contribution in [0.15, 0.2) is 79.3 Å². The molecule has 0 radical (unpaired) electrons. The van der Waals surface area contributed by atoms with E-state index in [-0.39, 0.29) is 5.82 Å². The summed E-state index contributed by atoms with van der Waals surface area (Å²) in [5.74, 6) is -0.276. The molecule has 0 spiro atoms. The average Bonchev–Trinajstić information content (AvgIpc) is 3.21. The zero-order valence-electron chi connectivity index (χ0n) is 17.4. The summed E-state index contributed by atoms with van der Waals surface area (Å²) < 4.78 is 21.5. The van der Waals surface area contributed by atoms with Crippen LogP contribution in [0, 0.1) is 24.1 Å². The van der Waals surface area contributed by atoms with Crippen LogP contribution in [0.25, 0.3) is 11.1 Å². The molecule has 0 saturated carbocycles. The molecule has 3 aromatic carbocycles. The van der Waals surface area contributed by atoms with E-state index in [1.54, 1.807) is 24.7 Å². The molecule has 1 atom stereocenters. The number of nitriles is 1. The maximum atomic E-state index is 13.3. The van der Waals surface area contributed by atoms with E-state index in [4.69, 9.17) is 4.74 Å². The molecule has 1 unspecified atom stereocenters. The predicted molar refractivity (Wildman–Crippen MR) is 118 cm³/mol. The Kier molecular flexibility index (Phi) is 5.92. The molecular weight excluding hydrogens is 389 g/mol. The molecule has 5 heteroatoms. The molecule has 4 nitrogen and oxygen atoms in total. The van der Waals surface area contributed by atoms with Gasteiger partial charge in [0.1, 0.15) is 11.9 Å². The van der Waals surface area contributed by atoms with E-state index >= 15 is 0 Å². The lowest BCUT2D eigenvalue weighted by Crippen LogP contribution is -2.11. The van der Waals surface area contributed by atoms with Crippen LogP contribution in [-0.2, 0) is 18.4 Å². The van der Waals surface area contributed by atoms with Crippen LogP contribution in [0.2, 0.25) is 0 Å². The van der Waals surface area contributed by atoms with Crippen LogP contribution in [-0.4, -0.2) is 9.55 Å². The van der Waals surface area contributed by atoms with Crippen LogP contribution in [0.1, 0.15) is 34.1 Å². The van der Waals surface area contributed by atoms with Crippen LogP contribution in [0.4, 0.5) is 4.39 Å². The maximum Gasteiger partial charge on any atom is 0.124 e. The predicted octanol–water partition coefficient (Wildman–Crippen LogP) is 5.71. The summed E-state index contributed by atoms with van der Waals surface area (Å²) in [6.45, 7) is 2.35. The van der Waals surface area contributed by atoms with Crippen molar-refractivity contribution in [2.45, 2.75) is 19.6 Å². The van der Waals surface area contributed by atoms with Gasteiger partial charge in [0.05, 0.1) is 36.5 Å². The topological polar surface area (TPSA) is 50.8 Å². The summed E-state index contributed by atoms with van der Waals surface area (Å²) in [6.07, 6.45) is 3.12. The normalized spacial score (nSPS) is 11.8. The van der Waals surface area contributed by atoms with Crippen molar-refractivity contribution in [2.24, 2.45) is 7.05 Å². The SMILES string of the molecule is Cc1ccccc1-c1cc(C(OCc2ccc(F)cc2)c2cncn2C)ccc1C#N. The molecule has 0 aliphatic heterocycles. The Morgan fingerprint density at radius 1 is 1.06 bits per heavy atom. The van der Waals surface area contributed by atoms with Gasteiger partial charge in [-0.15, -0.1) is 0 Å². The standard InChI is InChI=1S/C26H22FN3O/c1-18-5-3-4-6-23(18)24-13-20(9-10-21(24)14-28)26(25-15-29-17-30(25)2)31-16-19-7-11-22(27)12-8-19/h3-13,15,17,26H,16H2,1-2H3. The third kappa shape index (κ3) is 4.40. The minimum Gasteiger partial charge on any atom is -0.363 e. The van der Waals surface area contributed by atoms with Crippen molar-refractivity contribution in [3.8, 4) is 17.2 Å². The van der Waals surface area contributed by atoms with Gasteiger partial charge in [-0.05, 0) is 53.4 Å². The molecule has 0 saturated heterocycles. The summed E-state index contributed by atoms with van der Waals surface area (Å²) in [4.78, 5) is 4.24. The second-order valence-corrected chi connectivity index (χ2v) is 7.48. The van der Waals surface area contributed by atoms with Crippen molar-refractivity contribution in [3.05, 3.63) is 113 Å². The van der Waals surface area contributed by atoms with Crippen molar-refractivity contribution >= 4 is 0 Å². The van der Waals surface area contributed by atoms with Gasteiger partial charge in [0.15, 0.2) is 0 Å². The lowest BCUT2D eigenvalue weighted by molar-refractivity contribution is 0.0622. The number of benzene rings is 3. The van der Waals surface area contributed by atoms with Gasteiger partial charge in [0.2, 0.25) is 0 Å². The van der Waals surface area contributed by atoms with E-state index in [0.29, 0.717) is 12.2 Å². The molecule has 31 heavy (non-hydrogen) atoms. The van der Waals surface area contributed by atoms with E-state index in [1.165, 1.54) is 12.1 Å². The Balaban J connectivity index is 1.75. The number of aryl methyl sites for hydroxylation is 2. The molecule has 0 bridgehead atoms. The van der Waals surface area contributed by atoms with Gasteiger partial charge in [0.25, 0.3) is 0 Å². The number of aromatic nitrogens is 2. The van der Waals surface area contributed by atoms with Crippen LogP contribution < -0.4 is 0 Å². The largest absolute Gasteiger partial charge is 0.363 e. The van der Waals surface area contributed by atoms with Crippen molar-refractivity contribution in [1.29, 1.82) is 5.26 Å². The number of halogens is 1. The minimum absolute atomic E-state index is 0.276. The molecule has 154 valence electrons. The molecule has 0 N–H and O–H groups in total. The summed E-state index contributed by atoms with van der Waals surface area (Å²) in [7, 11) is 1.92. The summed E-state index contributed by atoms with van der Waals surface area (Å²) in [5, 5.41) is 9.68. The monoisotopic (exact) mass is 411 g/mol. The van der Waals surface area contributed by atoms with Gasteiger partial charge in [0, 0.05) is 12.6 Å². The molecule has 0 aliphatic rings. The number of nitrogens with zero attached hydrogens (tertiary/aromatic N) is 3. The smallest absolute Gasteiger partial charge is 0.124 e. The van der Waals surface area contributed by atoms with Gasteiger partial charge >= 0.3 is 0 Å². The van der Waals surface area contributed by atoms with Gasteiger partial charge in [-0.3, -0.25) is 0 Å². The highest BCUT2D eigenvalue weighted by Gasteiger charge is 2.20. The van der Waals surface area contributed by atoms with Gasteiger partial charge < -0.3 is 9.30 Å². The van der Waals surface area contributed by atoms with Gasteiger partial charge in [-0.2, -0.15) is 5.26 Å². The van der Waals surface area contributed by atoms with E-state index < -0.39 is 6.10 Å². The Hall–Kier alpha value is -3.75. The fourth-order valence-corrected chi connectivity index (χ4v) is 3.65. The first-order chi connectivity index (χ1) is 15.1. The summed E-state index contributed by atoms with van der Waals surface area (Å²) in [5.41, 5.74) is 6.28. The Bertz CT molecular complexity index is 1240. The summed E-state index contributed by atoms with van der Waals surface area (Å²) >= 11 is 0. The van der Waals surface area contributed by atoms with E-state index in [1.807, 2.05) is 61.0 Å². The molecule has 0 fully saturated rings. The second-order valence-electron chi connectivity index (χ2n) is 7.48. The zero-order valence-corrected chi connectivity index (χ0v) is 17.4. The molecule has 1 aromatic heterocycles. The third-order valence-corrected chi connectivity index (χ3v) is 5.35. The van der Waals surface area contributed by atoms with E-state index in [2.05, 4.69) is 11.1 Å². The zero-order chi connectivity index (χ0) is 21.8. The Morgan fingerprint density at radius 3 is 2.52 bits per heavy atom. The fourth-order valence-electron chi connectivity index (χ4n) is 3.65. The number of hydrogen-bond acceptors (Lipinski definition) is 3. The van der Waals surface area contributed by atoms with Crippen LogP contribution in [0.5, 0.6) is 0 Å². The summed E-state index contributed by atoms with van der Waals surface area (Å²) in [6, 6.07) is 22.4. The van der Waals surface area contributed by atoms with E-state index in [0.717, 1.165) is 33.5 Å². The first-order valence-corrected chi connectivity index (χ1v) is 9.99. The quantitative estimate of drug-likeness (QED) is 0.408. The number of rotatable bonds is 6. The number of imidazole rings is 1. The van der Waals surface area contributed by atoms with Gasteiger partial charge in [-0.1, -0.05) is 42.5 Å². The van der Waals surface area contributed by atoms with Gasteiger partial charge in [-0.25, -0.2) is 9.37 Å². The van der Waals surface area contributed by atoms with Crippen LogP contribution in [0.3, 0.4) is 0 Å². The molecule has 1 heterocycles. The first-order valence-electron chi connectivity index (χ1n) is 9.99. The lowest BCUT2D eigenvalue weighted by Gasteiger charge is -2.21. The highest BCUT2D eigenvalue weighted by molar-refractivity contribution is 5.74. The maximum absolute atomic E-state index is 13.3. The molecular formula is C26H22FN3O. The minimum atomic E-state index is -0.395. The van der Waals surface area contributed by atoms with Crippen molar-refractivity contribution in [1.82, 2.24) is 9.55 Å². The Labute approximate surface area is 181 Å². The van der Waals surface area contributed by atoms with Crippen LogP contribution >= 0.6 is 0 Å². The number of ether oxygens (including phenoxy) is 1. The lowest BCUT2D eigenvalue weighted by atomic mass is 9.93. The highest BCUT2D eigenvalue weighted by atomic mass is 19.1. The fraction of sp³-hybridized carbons (Fsp3) is 0.154. The van der Waals surface area contributed by atoms with Crippen molar-refractivity contribution in [2.75, 3.05) is 0 Å². The molecule has 0 amide bonds. The Morgan fingerprint density at radius 2 is 1.84 bits per heavy atom. The molecule has 4 rings (SSSR count). The number of hydrogen-bond donors (Lipinski definition) is 0. The van der Waals surface area contributed by atoms with Crippen molar-refractivity contribution in [3.63, 3.8) is 0 Å². The average molecular weight is 411 g/mol. The highest BCUT2D eigenvalue weighted by Crippen LogP contribution is 2.33. The third-order valence-electron chi connectivity index (χ3n) is 5.35. The molecule has 4 aromatic rings. The second kappa shape index (κ2) is 8.95. The first kappa shape index (κ1) is 20.5.